The van der Waals surface area contributed by atoms with Gasteiger partial charge in [-0.15, -0.1) is 0 Å². The van der Waals surface area contributed by atoms with E-state index in [0.717, 1.165) is 59.0 Å². The molecule has 0 saturated carbocycles. The van der Waals surface area contributed by atoms with Gasteiger partial charge in [-0.25, -0.2) is 9.97 Å². The zero-order valence-corrected chi connectivity index (χ0v) is 23.5. The van der Waals surface area contributed by atoms with Gasteiger partial charge in [0.05, 0.1) is 23.3 Å². The van der Waals surface area contributed by atoms with Crippen molar-refractivity contribution < 1.29 is 0 Å². The van der Waals surface area contributed by atoms with Crippen LogP contribution in [0.15, 0.2) is 55.4 Å². The molecule has 7 nitrogen and oxygen atoms in total. The maximum absolute atomic E-state index is 6.00. The van der Waals surface area contributed by atoms with Crippen molar-refractivity contribution in [3.8, 4) is 11.4 Å². The van der Waals surface area contributed by atoms with E-state index in [1.54, 1.807) is 0 Å². The summed E-state index contributed by atoms with van der Waals surface area (Å²) in [6.45, 7) is 18.0. The van der Waals surface area contributed by atoms with Crippen LogP contribution in [-0.4, -0.2) is 36.9 Å². The van der Waals surface area contributed by atoms with Crippen LogP contribution < -0.4 is 10.6 Å². The van der Waals surface area contributed by atoms with Gasteiger partial charge >= 0.3 is 0 Å². The van der Waals surface area contributed by atoms with Gasteiger partial charge in [0.15, 0.2) is 0 Å². The van der Waals surface area contributed by atoms with Gasteiger partial charge < -0.3 is 15.2 Å². The van der Waals surface area contributed by atoms with E-state index in [2.05, 4.69) is 85.8 Å². The molecule has 200 valence electrons. The van der Waals surface area contributed by atoms with Gasteiger partial charge in [0.2, 0.25) is 0 Å². The summed E-state index contributed by atoms with van der Waals surface area (Å²) < 4.78 is 4.31. The third-order valence-corrected chi connectivity index (χ3v) is 8.54. The first-order chi connectivity index (χ1) is 18.1. The van der Waals surface area contributed by atoms with Crippen molar-refractivity contribution in [2.24, 2.45) is 17.1 Å². The van der Waals surface area contributed by atoms with E-state index >= 15 is 0 Å². The summed E-state index contributed by atoms with van der Waals surface area (Å²) >= 11 is 0. The summed E-state index contributed by atoms with van der Waals surface area (Å²) in [5, 5.41) is 4.92. The van der Waals surface area contributed by atoms with Crippen LogP contribution in [0, 0.1) is 11.3 Å². The molecule has 4 aromatic rings. The molecule has 1 fully saturated rings. The lowest BCUT2D eigenvalue weighted by Gasteiger charge is -2.29. The summed E-state index contributed by atoms with van der Waals surface area (Å²) in [7, 11) is 0. The van der Waals surface area contributed by atoms with Crippen LogP contribution in [0.1, 0.15) is 65.1 Å². The molecule has 7 heteroatoms. The molecular formula is C31H41N7. The Morgan fingerprint density at radius 3 is 2.66 bits per heavy atom. The number of anilines is 1. The van der Waals surface area contributed by atoms with E-state index in [1.807, 2.05) is 18.3 Å². The third kappa shape index (κ3) is 5.19. The number of nitrogens with two attached hydrogens (primary N) is 1. The molecule has 4 heterocycles. The number of aryl methyl sites for hydroxylation is 1. The van der Waals surface area contributed by atoms with Crippen molar-refractivity contribution in [1.29, 1.82) is 0 Å². The number of imidazole rings is 1. The highest BCUT2D eigenvalue weighted by atomic mass is 15.3. The minimum atomic E-state index is 0.274. The van der Waals surface area contributed by atoms with Gasteiger partial charge in [0.25, 0.3) is 0 Å². The molecular weight excluding hydrogens is 470 g/mol. The first kappa shape index (κ1) is 26.0. The predicted octanol–water partition coefficient (Wildman–Crippen LogP) is 6.33. The van der Waals surface area contributed by atoms with Gasteiger partial charge in [0, 0.05) is 42.8 Å². The molecule has 1 atom stereocenters. The summed E-state index contributed by atoms with van der Waals surface area (Å²) in [6, 6.07) is 13.0. The second-order valence-corrected chi connectivity index (χ2v) is 11.8. The Bertz CT molecular complexity index is 1420. The highest BCUT2D eigenvalue weighted by molar-refractivity contribution is 5.84. The summed E-state index contributed by atoms with van der Waals surface area (Å²) in [6.07, 6.45) is 7.57. The third-order valence-electron chi connectivity index (χ3n) is 8.54. The van der Waals surface area contributed by atoms with Gasteiger partial charge in [-0.05, 0) is 73.4 Å². The number of fused-ring (bicyclic) bond motifs is 1. The van der Waals surface area contributed by atoms with Crippen LogP contribution in [0.4, 0.5) is 5.82 Å². The topological polar surface area (TPSA) is 77.8 Å². The average molecular weight is 512 g/mol. The maximum atomic E-state index is 6.00. The molecule has 1 aliphatic heterocycles. The minimum absolute atomic E-state index is 0.274. The van der Waals surface area contributed by atoms with Crippen molar-refractivity contribution in [3.63, 3.8) is 0 Å². The lowest BCUT2D eigenvalue weighted by molar-refractivity contribution is 0.213. The molecule has 1 saturated heterocycles. The number of aromatic nitrogens is 5. The number of hydrogen-bond acceptors (Lipinski definition) is 5. The molecule has 0 amide bonds. The molecule has 38 heavy (non-hydrogen) atoms. The van der Waals surface area contributed by atoms with Gasteiger partial charge in [0.1, 0.15) is 11.6 Å². The van der Waals surface area contributed by atoms with E-state index in [-0.39, 0.29) is 5.41 Å². The Morgan fingerprint density at radius 2 is 2.00 bits per heavy atom. The Kier molecular flexibility index (Phi) is 7.03. The number of pyridine rings is 1. The minimum Gasteiger partial charge on any atom is -0.399 e. The zero-order chi connectivity index (χ0) is 27.0. The standard InChI is InChI=1S/C31H41N7/c1-21(2)31(5,6)14-17-36-16-13-26(35-36)20-38-28-11-9-24(23(4)32)18-27(28)34-30(38)25-10-12-29(33-19-25)37-15-7-8-22(37)3/h9-13,16,18-19,21-22H,4,7-8,14-15,17,20,32H2,1-3,5-6H3/t22-/m0/s1. The van der Waals surface area contributed by atoms with Crippen LogP contribution in [0.2, 0.25) is 0 Å². The predicted molar refractivity (Wildman–Crippen MR) is 157 cm³/mol. The van der Waals surface area contributed by atoms with E-state index in [9.17, 15) is 0 Å². The molecule has 0 aliphatic carbocycles. The molecule has 0 spiro atoms. The first-order valence-electron chi connectivity index (χ1n) is 13.8. The second-order valence-electron chi connectivity index (χ2n) is 11.8. The number of hydrogen-bond donors (Lipinski definition) is 1. The smallest absolute Gasteiger partial charge is 0.143 e. The van der Waals surface area contributed by atoms with Crippen LogP contribution >= 0.6 is 0 Å². The van der Waals surface area contributed by atoms with Crippen molar-refractivity contribution in [2.45, 2.75) is 73.0 Å². The van der Waals surface area contributed by atoms with Crippen LogP contribution in [0.5, 0.6) is 0 Å². The van der Waals surface area contributed by atoms with E-state index in [4.69, 9.17) is 20.8 Å². The molecule has 0 bridgehead atoms. The van der Waals surface area contributed by atoms with Crippen molar-refractivity contribution in [2.75, 3.05) is 11.4 Å². The Balaban J connectivity index is 1.46. The van der Waals surface area contributed by atoms with E-state index in [0.29, 0.717) is 24.2 Å². The van der Waals surface area contributed by atoms with Crippen molar-refractivity contribution in [1.82, 2.24) is 24.3 Å². The van der Waals surface area contributed by atoms with Crippen molar-refractivity contribution in [3.05, 3.63) is 66.6 Å². The fourth-order valence-electron chi connectivity index (χ4n) is 5.14. The summed E-state index contributed by atoms with van der Waals surface area (Å²) in [4.78, 5) is 12.3. The second kappa shape index (κ2) is 10.3. The maximum Gasteiger partial charge on any atom is 0.143 e. The fraction of sp³-hybridized carbons (Fsp3) is 0.452. The molecule has 5 rings (SSSR count). The monoisotopic (exact) mass is 511 g/mol. The molecule has 0 unspecified atom stereocenters. The number of benzene rings is 1. The fourth-order valence-corrected chi connectivity index (χ4v) is 5.14. The lowest BCUT2D eigenvalue weighted by atomic mass is 9.78. The molecule has 0 radical (unpaired) electrons. The van der Waals surface area contributed by atoms with Crippen molar-refractivity contribution >= 4 is 22.5 Å². The number of rotatable bonds is 9. The Hall–Kier alpha value is -3.61. The average Bonchev–Trinajstić information content (AvgIpc) is 3.61. The van der Waals surface area contributed by atoms with E-state index < -0.39 is 0 Å². The Labute approximate surface area is 226 Å². The number of nitrogens with zero attached hydrogens (tertiary/aromatic N) is 6. The zero-order valence-electron chi connectivity index (χ0n) is 23.5. The normalized spacial score (nSPS) is 16.2. The van der Waals surface area contributed by atoms with Crippen LogP contribution in [0.3, 0.4) is 0 Å². The molecule has 2 N–H and O–H groups in total. The van der Waals surface area contributed by atoms with Gasteiger partial charge in [-0.3, -0.25) is 4.68 Å². The lowest BCUT2D eigenvalue weighted by Crippen LogP contribution is -2.26. The molecule has 3 aromatic heterocycles. The first-order valence-corrected chi connectivity index (χ1v) is 13.8. The summed E-state index contributed by atoms with van der Waals surface area (Å²) in [5.74, 6) is 2.54. The van der Waals surface area contributed by atoms with Crippen LogP contribution in [0.25, 0.3) is 28.1 Å². The summed E-state index contributed by atoms with van der Waals surface area (Å²) in [5.41, 5.74) is 11.6. The largest absolute Gasteiger partial charge is 0.399 e. The van der Waals surface area contributed by atoms with Gasteiger partial charge in [-0.1, -0.05) is 40.3 Å². The highest BCUT2D eigenvalue weighted by Gasteiger charge is 2.23. The molecule has 1 aromatic carbocycles. The SMILES string of the molecule is C=C(N)c1ccc2c(c1)nc(-c1ccc(N3CCC[C@@H]3C)nc1)n2Cc1ccn(CCC(C)(C)C(C)C)n1. The van der Waals surface area contributed by atoms with Gasteiger partial charge in [-0.2, -0.15) is 5.10 Å². The van der Waals surface area contributed by atoms with E-state index in [1.165, 1.54) is 12.8 Å². The van der Waals surface area contributed by atoms with Crippen LogP contribution in [-0.2, 0) is 13.1 Å². The quantitative estimate of drug-likeness (QED) is 0.284. The Morgan fingerprint density at radius 1 is 1.18 bits per heavy atom. The highest BCUT2D eigenvalue weighted by Crippen LogP contribution is 2.31. The molecule has 1 aliphatic rings.